The molecule has 2 aliphatic heterocycles. The van der Waals surface area contributed by atoms with E-state index in [1.54, 1.807) is 0 Å². The largest absolute Gasteiger partial charge is 0.462 e. The Morgan fingerprint density at radius 3 is 2.25 bits per heavy atom. The Morgan fingerprint density at radius 1 is 1.10 bits per heavy atom. The number of piperidine rings is 2. The molecular weight excluding hydrogens is 250 g/mol. The van der Waals surface area contributed by atoms with Crippen molar-refractivity contribution in [3.8, 4) is 0 Å². The van der Waals surface area contributed by atoms with Crippen molar-refractivity contribution in [1.29, 1.82) is 0 Å². The third kappa shape index (κ3) is 2.73. The maximum absolute atomic E-state index is 11.2. The van der Waals surface area contributed by atoms with Crippen LogP contribution in [0.25, 0.3) is 0 Å². The summed E-state index contributed by atoms with van der Waals surface area (Å²) < 4.78 is 5.45. The van der Waals surface area contributed by atoms with Crippen LogP contribution in [0.5, 0.6) is 0 Å². The molecule has 2 fully saturated rings. The summed E-state index contributed by atoms with van der Waals surface area (Å²) in [6.45, 7) is 1.51. The van der Waals surface area contributed by atoms with E-state index in [1.165, 1.54) is 25.3 Å². The minimum absolute atomic E-state index is 0.121. The van der Waals surface area contributed by atoms with Gasteiger partial charge in [0.25, 0.3) is 0 Å². The lowest BCUT2D eigenvalue weighted by Crippen LogP contribution is -2.53. The van der Waals surface area contributed by atoms with Crippen molar-refractivity contribution in [2.45, 2.75) is 56.7 Å². The molecule has 0 amide bonds. The van der Waals surface area contributed by atoms with Crippen molar-refractivity contribution < 1.29 is 9.53 Å². The first kappa shape index (κ1) is 13.6. The average molecular weight is 273 g/mol. The second-order valence-electron chi connectivity index (χ2n) is 6.25. The number of nitrogens with zero attached hydrogens (tertiary/aromatic N) is 1. The summed E-state index contributed by atoms with van der Waals surface area (Å²) in [5.41, 5.74) is 1.46. The van der Waals surface area contributed by atoms with E-state index in [4.69, 9.17) is 4.74 Å². The third-order valence-corrected chi connectivity index (χ3v) is 4.94. The number of benzene rings is 1. The molecule has 2 heterocycles. The molecule has 0 saturated carbocycles. The van der Waals surface area contributed by atoms with Crippen molar-refractivity contribution >= 4 is 5.97 Å². The van der Waals surface area contributed by atoms with Gasteiger partial charge in [-0.3, -0.25) is 4.79 Å². The van der Waals surface area contributed by atoms with Crippen molar-refractivity contribution in [3.63, 3.8) is 0 Å². The number of fused-ring (bicyclic) bond motifs is 2. The lowest BCUT2D eigenvalue weighted by molar-refractivity contribution is -0.152. The highest BCUT2D eigenvalue weighted by molar-refractivity contribution is 5.66. The summed E-state index contributed by atoms with van der Waals surface area (Å²) in [7, 11) is 2.22. The molecule has 3 heteroatoms. The Morgan fingerprint density at radius 2 is 1.70 bits per heavy atom. The monoisotopic (exact) mass is 273 g/mol. The summed E-state index contributed by atoms with van der Waals surface area (Å²) in [5.74, 6) is 0.512. The molecule has 0 aliphatic carbocycles. The van der Waals surface area contributed by atoms with Gasteiger partial charge >= 0.3 is 5.97 Å². The van der Waals surface area contributed by atoms with Gasteiger partial charge in [-0.2, -0.15) is 0 Å². The second kappa shape index (κ2) is 5.57. The van der Waals surface area contributed by atoms with Gasteiger partial charge in [-0.15, -0.1) is 0 Å². The topological polar surface area (TPSA) is 29.5 Å². The fraction of sp³-hybridized carbons (Fsp3) is 0.588. The van der Waals surface area contributed by atoms with Crippen LogP contribution in [0.2, 0.25) is 0 Å². The molecule has 2 saturated heterocycles. The van der Waals surface area contributed by atoms with Gasteiger partial charge in [-0.05, 0) is 31.4 Å². The molecule has 0 N–H and O–H groups in total. The maximum Gasteiger partial charge on any atom is 0.302 e. The second-order valence-corrected chi connectivity index (χ2v) is 6.25. The van der Waals surface area contributed by atoms with Gasteiger partial charge in [0, 0.05) is 31.8 Å². The highest BCUT2D eigenvalue weighted by Gasteiger charge is 2.41. The van der Waals surface area contributed by atoms with Crippen LogP contribution in [-0.4, -0.2) is 36.1 Å². The molecule has 0 spiro atoms. The molecule has 2 bridgehead atoms. The van der Waals surface area contributed by atoms with Gasteiger partial charge in [-0.25, -0.2) is 0 Å². The highest BCUT2D eigenvalue weighted by atomic mass is 16.5. The van der Waals surface area contributed by atoms with Crippen LogP contribution in [0.3, 0.4) is 0 Å². The van der Waals surface area contributed by atoms with E-state index in [9.17, 15) is 4.79 Å². The first-order valence-electron chi connectivity index (χ1n) is 7.57. The van der Waals surface area contributed by atoms with Crippen LogP contribution in [0.1, 0.15) is 44.1 Å². The first-order chi connectivity index (χ1) is 9.63. The van der Waals surface area contributed by atoms with Crippen LogP contribution < -0.4 is 0 Å². The smallest absolute Gasteiger partial charge is 0.302 e. The number of carbonyl (C=O) groups is 1. The Balaban J connectivity index is 1.72. The third-order valence-electron chi connectivity index (χ3n) is 4.94. The summed E-state index contributed by atoms with van der Waals surface area (Å²) in [5, 5.41) is 0. The van der Waals surface area contributed by atoms with Gasteiger partial charge in [0.15, 0.2) is 0 Å². The Labute approximate surface area is 120 Å². The SMILES string of the molecule is CC(=O)OC1C[C@@H]2CC(c3ccccc3)C[C@H](C1)N2C. The van der Waals surface area contributed by atoms with E-state index in [0.717, 1.165) is 12.8 Å². The number of esters is 1. The van der Waals surface area contributed by atoms with Crippen molar-refractivity contribution in [2.24, 2.45) is 0 Å². The molecule has 0 aromatic heterocycles. The van der Waals surface area contributed by atoms with Crippen molar-refractivity contribution in [3.05, 3.63) is 35.9 Å². The Bertz CT molecular complexity index is 457. The van der Waals surface area contributed by atoms with E-state index in [-0.39, 0.29) is 12.1 Å². The number of carbonyl (C=O) groups excluding carboxylic acids is 1. The van der Waals surface area contributed by atoms with E-state index in [0.29, 0.717) is 18.0 Å². The molecule has 1 aromatic carbocycles. The summed E-state index contributed by atoms with van der Waals surface area (Å²) in [4.78, 5) is 13.7. The highest BCUT2D eigenvalue weighted by Crippen LogP contribution is 2.41. The molecule has 2 aliphatic rings. The predicted octanol–water partition coefficient (Wildman–Crippen LogP) is 2.96. The van der Waals surface area contributed by atoms with Crippen LogP contribution in [0.15, 0.2) is 30.3 Å². The van der Waals surface area contributed by atoms with Gasteiger partial charge in [0.1, 0.15) is 6.10 Å². The molecule has 2 unspecified atom stereocenters. The van der Waals surface area contributed by atoms with Crippen LogP contribution in [0.4, 0.5) is 0 Å². The molecule has 0 radical (unpaired) electrons. The van der Waals surface area contributed by atoms with Crippen LogP contribution in [0, 0.1) is 0 Å². The van der Waals surface area contributed by atoms with Crippen molar-refractivity contribution in [1.82, 2.24) is 4.90 Å². The van der Waals surface area contributed by atoms with E-state index >= 15 is 0 Å². The molecule has 4 atom stereocenters. The molecule has 3 nitrogen and oxygen atoms in total. The van der Waals surface area contributed by atoms with Crippen LogP contribution in [-0.2, 0) is 9.53 Å². The van der Waals surface area contributed by atoms with Gasteiger partial charge in [0.05, 0.1) is 0 Å². The zero-order chi connectivity index (χ0) is 14.1. The predicted molar refractivity (Wildman–Crippen MR) is 78.5 cm³/mol. The number of rotatable bonds is 2. The lowest BCUT2D eigenvalue weighted by atomic mass is 9.75. The molecule has 108 valence electrons. The van der Waals surface area contributed by atoms with Crippen molar-refractivity contribution in [2.75, 3.05) is 7.05 Å². The fourth-order valence-electron chi connectivity index (χ4n) is 3.94. The van der Waals surface area contributed by atoms with Crippen LogP contribution >= 0.6 is 0 Å². The fourth-order valence-corrected chi connectivity index (χ4v) is 3.94. The molecular formula is C17H23NO2. The Hall–Kier alpha value is -1.35. The summed E-state index contributed by atoms with van der Waals surface area (Å²) in [6.07, 6.45) is 4.44. The summed E-state index contributed by atoms with van der Waals surface area (Å²) in [6, 6.07) is 11.9. The molecule has 3 rings (SSSR count). The minimum atomic E-state index is -0.141. The molecule has 20 heavy (non-hydrogen) atoms. The lowest BCUT2D eigenvalue weighted by Gasteiger charge is -2.49. The normalized spacial score (nSPS) is 33.7. The number of hydrogen-bond donors (Lipinski definition) is 0. The Kier molecular flexibility index (Phi) is 3.79. The average Bonchev–Trinajstić information content (AvgIpc) is 2.40. The number of hydrogen-bond acceptors (Lipinski definition) is 3. The zero-order valence-corrected chi connectivity index (χ0v) is 12.3. The first-order valence-corrected chi connectivity index (χ1v) is 7.57. The zero-order valence-electron chi connectivity index (χ0n) is 12.3. The minimum Gasteiger partial charge on any atom is -0.462 e. The quantitative estimate of drug-likeness (QED) is 0.776. The van der Waals surface area contributed by atoms with Gasteiger partial charge in [-0.1, -0.05) is 30.3 Å². The molecule has 1 aromatic rings. The maximum atomic E-state index is 11.2. The van der Waals surface area contributed by atoms with E-state index in [2.05, 4.69) is 42.3 Å². The van der Waals surface area contributed by atoms with E-state index < -0.39 is 0 Å². The summed E-state index contributed by atoms with van der Waals surface area (Å²) >= 11 is 0. The van der Waals surface area contributed by atoms with E-state index in [1.807, 2.05) is 0 Å². The van der Waals surface area contributed by atoms with Gasteiger partial charge < -0.3 is 9.64 Å². The van der Waals surface area contributed by atoms with Gasteiger partial charge in [0.2, 0.25) is 0 Å². The number of ether oxygens (including phenoxy) is 1. The standard InChI is InChI=1S/C17H23NO2/c1-12(19)20-17-10-15-8-14(9-16(11-17)18(15)2)13-6-4-3-5-7-13/h3-7,14-17H,8-11H2,1-2H3/t14?,15-,16+,17?.